The van der Waals surface area contributed by atoms with Crippen molar-refractivity contribution in [3.8, 4) is 5.75 Å². The second kappa shape index (κ2) is 6.12. The van der Waals surface area contributed by atoms with Crippen LogP contribution in [0.5, 0.6) is 5.75 Å². The molecule has 2 rings (SSSR count). The summed E-state index contributed by atoms with van der Waals surface area (Å²) < 4.78 is 11.4. The monoisotopic (exact) mass is 283 g/mol. The predicted octanol–water partition coefficient (Wildman–Crippen LogP) is 3.57. The molecule has 3 nitrogen and oxygen atoms in total. The van der Waals surface area contributed by atoms with Crippen LogP contribution in [-0.4, -0.2) is 26.9 Å². The molecule has 19 heavy (non-hydrogen) atoms. The molecule has 0 aromatic heterocycles. The first kappa shape index (κ1) is 14.6. The summed E-state index contributed by atoms with van der Waals surface area (Å²) >= 11 is 6.15. The fourth-order valence-corrected chi connectivity index (χ4v) is 3.40. The minimum absolute atomic E-state index is 0.0913. The number of benzene rings is 1. The molecule has 0 radical (unpaired) electrons. The van der Waals surface area contributed by atoms with E-state index in [-0.39, 0.29) is 11.6 Å². The van der Waals surface area contributed by atoms with Crippen LogP contribution in [0.15, 0.2) is 18.2 Å². The molecule has 0 aliphatic heterocycles. The van der Waals surface area contributed by atoms with E-state index in [1.54, 1.807) is 14.2 Å². The average Bonchev–Trinajstić information content (AvgIpc) is 2.90. The standard InChI is InChI=1S/C15H22ClNO2/c1-17-14(15(19-3)8-4-5-9-15)12-10-11(16)6-7-13(12)18-2/h6-7,10,14,17H,4-5,8-9H2,1-3H3. The second-order valence-electron chi connectivity index (χ2n) is 5.08. The smallest absolute Gasteiger partial charge is 0.123 e. The van der Waals surface area contributed by atoms with Gasteiger partial charge in [0.2, 0.25) is 0 Å². The van der Waals surface area contributed by atoms with E-state index in [0.717, 1.165) is 29.2 Å². The number of rotatable bonds is 5. The highest BCUT2D eigenvalue weighted by Gasteiger charge is 2.42. The summed E-state index contributed by atoms with van der Waals surface area (Å²) in [5.74, 6) is 0.854. The summed E-state index contributed by atoms with van der Waals surface area (Å²) in [5.41, 5.74) is 0.911. The Balaban J connectivity index is 2.43. The van der Waals surface area contributed by atoms with Gasteiger partial charge in [-0.25, -0.2) is 0 Å². The van der Waals surface area contributed by atoms with Crippen molar-refractivity contribution in [2.24, 2.45) is 0 Å². The summed E-state index contributed by atoms with van der Waals surface area (Å²) in [6.45, 7) is 0. The molecule has 1 unspecified atom stereocenters. The Labute approximate surface area is 120 Å². The number of likely N-dealkylation sites (N-methyl/N-ethyl adjacent to an activating group) is 1. The van der Waals surface area contributed by atoms with E-state index in [1.807, 2.05) is 25.2 Å². The van der Waals surface area contributed by atoms with E-state index in [2.05, 4.69) is 5.32 Å². The molecule has 0 spiro atoms. The molecule has 4 heteroatoms. The van der Waals surface area contributed by atoms with Crippen LogP contribution in [0.4, 0.5) is 0 Å². The Kier molecular flexibility index (Phi) is 4.71. The summed E-state index contributed by atoms with van der Waals surface area (Å²) in [7, 11) is 5.45. The fourth-order valence-electron chi connectivity index (χ4n) is 3.22. The van der Waals surface area contributed by atoms with Crippen LogP contribution in [0, 0.1) is 0 Å². The number of hydrogen-bond acceptors (Lipinski definition) is 3. The third-order valence-corrected chi connectivity index (χ3v) is 4.41. The van der Waals surface area contributed by atoms with Crippen LogP contribution < -0.4 is 10.1 Å². The molecule has 1 N–H and O–H groups in total. The summed E-state index contributed by atoms with van der Waals surface area (Å²) in [6, 6.07) is 5.83. The lowest BCUT2D eigenvalue weighted by atomic mass is 9.86. The van der Waals surface area contributed by atoms with E-state index in [9.17, 15) is 0 Å². The molecule has 0 saturated heterocycles. The van der Waals surface area contributed by atoms with Crippen LogP contribution in [0.2, 0.25) is 5.02 Å². The maximum absolute atomic E-state index is 6.15. The van der Waals surface area contributed by atoms with Crippen LogP contribution >= 0.6 is 11.6 Å². The average molecular weight is 284 g/mol. The van der Waals surface area contributed by atoms with E-state index in [1.165, 1.54) is 12.8 Å². The highest BCUT2D eigenvalue weighted by molar-refractivity contribution is 6.30. The van der Waals surface area contributed by atoms with Gasteiger partial charge >= 0.3 is 0 Å². The summed E-state index contributed by atoms with van der Waals surface area (Å²) in [4.78, 5) is 0. The first-order valence-electron chi connectivity index (χ1n) is 6.72. The van der Waals surface area contributed by atoms with Gasteiger partial charge in [-0.15, -0.1) is 0 Å². The quantitative estimate of drug-likeness (QED) is 0.896. The molecule has 106 valence electrons. The number of ether oxygens (including phenoxy) is 2. The number of hydrogen-bond donors (Lipinski definition) is 1. The third kappa shape index (κ3) is 2.73. The minimum Gasteiger partial charge on any atom is -0.496 e. The van der Waals surface area contributed by atoms with Crippen molar-refractivity contribution in [3.05, 3.63) is 28.8 Å². The van der Waals surface area contributed by atoms with Gasteiger partial charge in [-0.1, -0.05) is 24.4 Å². The largest absolute Gasteiger partial charge is 0.496 e. The van der Waals surface area contributed by atoms with E-state index < -0.39 is 0 Å². The maximum Gasteiger partial charge on any atom is 0.123 e. The van der Waals surface area contributed by atoms with Crippen molar-refractivity contribution >= 4 is 11.6 Å². The molecular weight excluding hydrogens is 262 g/mol. The third-order valence-electron chi connectivity index (χ3n) is 4.17. The maximum atomic E-state index is 6.15. The van der Waals surface area contributed by atoms with Gasteiger partial charge in [0.15, 0.2) is 0 Å². The van der Waals surface area contributed by atoms with Gasteiger partial charge in [-0.05, 0) is 38.1 Å². The Morgan fingerprint density at radius 1 is 1.26 bits per heavy atom. The molecule has 1 atom stereocenters. The molecule has 1 aromatic rings. The van der Waals surface area contributed by atoms with Gasteiger partial charge < -0.3 is 14.8 Å². The Hall–Kier alpha value is -0.770. The van der Waals surface area contributed by atoms with Crippen molar-refractivity contribution in [3.63, 3.8) is 0 Å². The summed E-state index contributed by atoms with van der Waals surface area (Å²) in [5, 5.41) is 4.11. The Bertz CT molecular complexity index is 430. The van der Waals surface area contributed by atoms with E-state index >= 15 is 0 Å². The number of methoxy groups -OCH3 is 2. The topological polar surface area (TPSA) is 30.5 Å². The van der Waals surface area contributed by atoms with Crippen molar-refractivity contribution in [2.45, 2.75) is 37.3 Å². The first-order chi connectivity index (χ1) is 9.16. The van der Waals surface area contributed by atoms with Gasteiger partial charge in [0, 0.05) is 17.7 Å². The minimum atomic E-state index is -0.160. The Morgan fingerprint density at radius 3 is 2.47 bits per heavy atom. The fraction of sp³-hybridized carbons (Fsp3) is 0.600. The number of halogens is 1. The van der Waals surface area contributed by atoms with Crippen molar-refractivity contribution in [1.29, 1.82) is 0 Å². The lowest BCUT2D eigenvalue weighted by Gasteiger charge is -2.37. The summed E-state index contributed by atoms with van der Waals surface area (Å²) in [6.07, 6.45) is 4.53. The van der Waals surface area contributed by atoms with Gasteiger partial charge in [0.25, 0.3) is 0 Å². The zero-order valence-corrected chi connectivity index (χ0v) is 12.6. The van der Waals surface area contributed by atoms with Crippen LogP contribution in [0.1, 0.15) is 37.3 Å². The highest BCUT2D eigenvalue weighted by atomic mass is 35.5. The first-order valence-corrected chi connectivity index (χ1v) is 7.10. The predicted molar refractivity (Wildman–Crippen MR) is 78.0 cm³/mol. The molecule has 1 saturated carbocycles. The molecule has 1 aromatic carbocycles. The molecule has 1 fully saturated rings. The normalized spacial score (nSPS) is 19.4. The van der Waals surface area contributed by atoms with E-state index in [4.69, 9.17) is 21.1 Å². The zero-order chi connectivity index (χ0) is 13.9. The molecule has 0 heterocycles. The Morgan fingerprint density at radius 2 is 1.95 bits per heavy atom. The molecule has 1 aliphatic rings. The van der Waals surface area contributed by atoms with Crippen molar-refractivity contribution in [1.82, 2.24) is 5.32 Å². The van der Waals surface area contributed by atoms with Crippen LogP contribution in [0.3, 0.4) is 0 Å². The molecule has 0 bridgehead atoms. The van der Waals surface area contributed by atoms with Crippen LogP contribution in [-0.2, 0) is 4.74 Å². The highest BCUT2D eigenvalue weighted by Crippen LogP contribution is 2.45. The van der Waals surface area contributed by atoms with Gasteiger partial charge in [0.05, 0.1) is 18.8 Å². The lowest BCUT2D eigenvalue weighted by Crippen LogP contribution is -2.42. The van der Waals surface area contributed by atoms with Gasteiger partial charge in [-0.3, -0.25) is 0 Å². The molecule has 0 amide bonds. The van der Waals surface area contributed by atoms with Gasteiger partial charge in [-0.2, -0.15) is 0 Å². The second-order valence-corrected chi connectivity index (χ2v) is 5.52. The lowest BCUT2D eigenvalue weighted by molar-refractivity contribution is -0.0354. The van der Waals surface area contributed by atoms with Crippen LogP contribution in [0.25, 0.3) is 0 Å². The SMILES string of the molecule is CNC(c1cc(Cl)ccc1OC)C1(OC)CCCC1. The molecule has 1 aliphatic carbocycles. The van der Waals surface area contributed by atoms with Crippen molar-refractivity contribution < 1.29 is 9.47 Å². The van der Waals surface area contributed by atoms with E-state index in [0.29, 0.717) is 0 Å². The van der Waals surface area contributed by atoms with Gasteiger partial charge in [0.1, 0.15) is 5.75 Å². The molecular formula is C15H22ClNO2. The van der Waals surface area contributed by atoms with Crippen molar-refractivity contribution in [2.75, 3.05) is 21.3 Å². The number of nitrogens with one attached hydrogen (secondary N) is 1. The zero-order valence-electron chi connectivity index (χ0n) is 11.8.